The van der Waals surface area contributed by atoms with Crippen LogP contribution in [0, 0.1) is 0 Å². The molecular weight excluding hydrogens is 823 g/mol. The van der Waals surface area contributed by atoms with Crippen molar-refractivity contribution in [2.24, 2.45) is 0 Å². The van der Waals surface area contributed by atoms with Gasteiger partial charge in [0, 0.05) is 6.42 Å². The smallest absolute Gasteiger partial charge is 0.394 e. The highest BCUT2D eigenvalue weighted by Crippen LogP contribution is 2.26. The lowest BCUT2D eigenvalue weighted by molar-refractivity contribution is -0.298. The molecule has 0 bridgehead atoms. The topological polar surface area (TPSA) is 192 Å². The van der Waals surface area contributed by atoms with Gasteiger partial charge in [-0.3, -0.25) is 9.35 Å². The third-order valence-corrected chi connectivity index (χ3v) is 13.4. The Morgan fingerprint density at radius 3 is 1.27 bits per heavy atom. The first-order chi connectivity index (χ1) is 30.5. The zero-order chi connectivity index (χ0) is 46.2. The molecule has 1 amide bonds. The van der Waals surface area contributed by atoms with Crippen LogP contribution < -0.4 is 5.32 Å². The van der Waals surface area contributed by atoms with Crippen molar-refractivity contribution in [1.29, 1.82) is 0 Å². The summed E-state index contributed by atoms with van der Waals surface area (Å²) in [6, 6.07) is -0.851. The second-order valence-electron chi connectivity index (χ2n) is 18.8. The first-order valence-electron chi connectivity index (χ1n) is 26.4. The van der Waals surface area contributed by atoms with E-state index in [0.29, 0.717) is 12.8 Å². The first-order valence-corrected chi connectivity index (χ1v) is 27.8. The number of hydrogen-bond donors (Lipinski definition) is 6. The number of amides is 1. The van der Waals surface area contributed by atoms with Crippen LogP contribution in [0.15, 0.2) is 0 Å². The van der Waals surface area contributed by atoms with Gasteiger partial charge in [0.1, 0.15) is 24.4 Å². The summed E-state index contributed by atoms with van der Waals surface area (Å²) in [5.41, 5.74) is 0. The summed E-state index contributed by atoms with van der Waals surface area (Å²) in [5, 5.41) is 44.9. The van der Waals surface area contributed by atoms with Crippen molar-refractivity contribution >= 4 is 16.3 Å². The van der Waals surface area contributed by atoms with Crippen molar-refractivity contribution in [2.75, 3.05) is 13.2 Å². The lowest BCUT2D eigenvalue weighted by Gasteiger charge is -2.41. The van der Waals surface area contributed by atoms with E-state index in [1.54, 1.807) is 0 Å². The molecule has 376 valence electrons. The van der Waals surface area contributed by atoms with Crippen molar-refractivity contribution in [3.63, 3.8) is 0 Å². The van der Waals surface area contributed by atoms with Gasteiger partial charge in [0.2, 0.25) is 5.91 Å². The molecule has 1 heterocycles. The lowest BCUT2D eigenvalue weighted by Crippen LogP contribution is -2.61. The number of nitrogens with one attached hydrogen (secondary N) is 1. The highest BCUT2D eigenvalue weighted by Gasteiger charge is 2.48. The van der Waals surface area contributed by atoms with E-state index in [2.05, 4.69) is 23.3 Å². The maximum absolute atomic E-state index is 13.1. The van der Waals surface area contributed by atoms with Crippen LogP contribution in [0.4, 0.5) is 0 Å². The van der Waals surface area contributed by atoms with Crippen molar-refractivity contribution in [3.8, 4) is 0 Å². The predicted octanol–water partition coefficient (Wildman–Crippen LogP) is 11.3. The van der Waals surface area contributed by atoms with Gasteiger partial charge in [0.05, 0.1) is 25.4 Å². The lowest BCUT2D eigenvalue weighted by atomic mass is 9.99. The summed E-state index contributed by atoms with van der Waals surface area (Å²) < 4.78 is 47.7. The summed E-state index contributed by atoms with van der Waals surface area (Å²) in [4.78, 5) is 13.1. The standard InChI is InChI=1S/C50H99NO11S/c1-3-5-7-9-11-13-15-17-18-19-20-21-22-23-24-25-26-27-28-30-32-34-36-38-40-46(54)51-43(44(53)39-37-35-33-31-29-16-14-12-10-8-6-4-2)42-60-50-48(56)49(62-63(57,58)59)47(55)45(41-52)61-50/h43-45,47-50,52-53,55-56H,3-42H2,1-2H3,(H,51,54)(H,57,58,59). The monoisotopic (exact) mass is 922 g/mol. The number of unbranched alkanes of at least 4 members (excludes halogenated alkanes) is 34. The summed E-state index contributed by atoms with van der Waals surface area (Å²) in [5.74, 6) is -0.225. The van der Waals surface area contributed by atoms with Gasteiger partial charge in [0.15, 0.2) is 6.29 Å². The molecule has 0 spiro atoms. The molecule has 13 heteroatoms. The van der Waals surface area contributed by atoms with Crippen LogP contribution in [0.25, 0.3) is 0 Å². The average Bonchev–Trinajstić information content (AvgIpc) is 3.25. The molecule has 7 atom stereocenters. The Morgan fingerprint density at radius 1 is 0.571 bits per heavy atom. The van der Waals surface area contributed by atoms with Crippen LogP contribution in [0.3, 0.4) is 0 Å². The van der Waals surface area contributed by atoms with Crippen molar-refractivity contribution in [3.05, 3.63) is 0 Å². The fourth-order valence-electron chi connectivity index (χ4n) is 8.81. The second kappa shape index (κ2) is 41.3. The molecule has 63 heavy (non-hydrogen) atoms. The molecule has 7 unspecified atom stereocenters. The number of aliphatic hydroxyl groups excluding tert-OH is 4. The van der Waals surface area contributed by atoms with Crippen LogP contribution in [0.2, 0.25) is 0 Å². The molecule has 6 N–H and O–H groups in total. The Hall–Kier alpha value is -0.900. The third-order valence-electron chi connectivity index (χ3n) is 12.9. The molecule has 1 saturated heterocycles. The molecule has 0 saturated carbocycles. The quantitative estimate of drug-likeness (QED) is 0.0251. The van der Waals surface area contributed by atoms with E-state index in [1.165, 1.54) is 180 Å². The highest BCUT2D eigenvalue weighted by atomic mass is 32.3. The Labute approximate surface area is 386 Å². The minimum atomic E-state index is -5.07. The molecule has 0 aromatic rings. The van der Waals surface area contributed by atoms with Crippen molar-refractivity contribution < 1.29 is 51.8 Å². The molecule has 1 aliphatic rings. The number of hydrogen-bond acceptors (Lipinski definition) is 10. The van der Waals surface area contributed by atoms with E-state index >= 15 is 0 Å². The minimum absolute atomic E-state index is 0.225. The Morgan fingerprint density at radius 2 is 0.921 bits per heavy atom. The second-order valence-corrected chi connectivity index (χ2v) is 19.9. The minimum Gasteiger partial charge on any atom is -0.394 e. The Bertz CT molecular complexity index is 1130. The summed E-state index contributed by atoms with van der Waals surface area (Å²) >= 11 is 0. The molecule has 12 nitrogen and oxygen atoms in total. The fourth-order valence-corrected chi connectivity index (χ4v) is 9.32. The van der Waals surface area contributed by atoms with E-state index in [0.717, 1.165) is 51.4 Å². The molecule has 0 aliphatic carbocycles. The van der Waals surface area contributed by atoms with Gasteiger partial charge in [-0.15, -0.1) is 0 Å². The Kier molecular flexibility index (Phi) is 39.4. The summed E-state index contributed by atoms with van der Waals surface area (Å²) in [6.45, 7) is 3.47. The fraction of sp³-hybridized carbons (Fsp3) is 0.980. The van der Waals surface area contributed by atoms with E-state index in [9.17, 15) is 38.2 Å². The van der Waals surface area contributed by atoms with Gasteiger partial charge in [-0.25, -0.2) is 4.18 Å². The van der Waals surface area contributed by atoms with Gasteiger partial charge in [-0.1, -0.05) is 239 Å². The zero-order valence-electron chi connectivity index (χ0n) is 40.4. The summed E-state index contributed by atoms with van der Waals surface area (Å²) in [6.07, 6.45) is 36.9. The van der Waals surface area contributed by atoms with Gasteiger partial charge >= 0.3 is 10.4 Å². The zero-order valence-corrected chi connectivity index (χ0v) is 41.2. The number of ether oxygens (including phenoxy) is 2. The number of aliphatic hydroxyl groups is 4. The van der Waals surface area contributed by atoms with E-state index in [4.69, 9.17) is 9.47 Å². The van der Waals surface area contributed by atoms with E-state index in [1.807, 2.05) is 0 Å². The third kappa shape index (κ3) is 34.1. The number of rotatable bonds is 46. The van der Waals surface area contributed by atoms with Crippen LogP contribution in [0.5, 0.6) is 0 Å². The van der Waals surface area contributed by atoms with E-state index in [-0.39, 0.29) is 12.5 Å². The molecule has 1 aliphatic heterocycles. The largest absolute Gasteiger partial charge is 0.397 e. The highest BCUT2D eigenvalue weighted by molar-refractivity contribution is 7.80. The molecular formula is C50H99NO11S. The van der Waals surface area contributed by atoms with Crippen molar-refractivity contribution in [1.82, 2.24) is 5.32 Å². The molecule has 0 aromatic carbocycles. The molecule has 0 radical (unpaired) electrons. The SMILES string of the molecule is CCCCCCCCCCCCCCCCCCCCCCCCCCC(=O)NC(COC1OC(CO)C(O)C(OS(=O)(=O)O)C1O)C(O)CCCCCCCCCCCCCC. The maximum Gasteiger partial charge on any atom is 0.397 e. The molecule has 1 rings (SSSR count). The normalized spacial score (nSPS) is 20.3. The van der Waals surface area contributed by atoms with E-state index < -0.39 is 59.9 Å². The number of carbonyl (C=O) groups excluding carboxylic acids is 1. The van der Waals surface area contributed by atoms with Crippen LogP contribution in [-0.4, -0.2) is 95.4 Å². The summed E-state index contributed by atoms with van der Waals surface area (Å²) in [7, 11) is -5.07. The predicted molar refractivity (Wildman–Crippen MR) is 255 cm³/mol. The molecule has 0 aromatic heterocycles. The number of carbonyl (C=O) groups is 1. The van der Waals surface area contributed by atoms with Gasteiger partial charge in [0.25, 0.3) is 0 Å². The Balaban J connectivity index is 2.33. The molecule has 1 fully saturated rings. The van der Waals surface area contributed by atoms with Crippen LogP contribution in [-0.2, 0) is 28.9 Å². The van der Waals surface area contributed by atoms with Gasteiger partial charge in [-0.2, -0.15) is 8.42 Å². The average molecular weight is 922 g/mol. The van der Waals surface area contributed by atoms with Gasteiger partial charge < -0.3 is 35.2 Å². The van der Waals surface area contributed by atoms with Crippen LogP contribution in [0.1, 0.15) is 258 Å². The van der Waals surface area contributed by atoms with Crippen molar-refractivity contribution in [2.45, 2.75) is 301 Å². The first kappa shape index (κ1) is 60.1. The van der Waals surface area contributed by atoms with Crippen LogP contribution >= 0.6 is 0 Å². The maximum atomic E-state index is 13.1. The van der Waals surface area contributed by atoms with Gasteiger partial charge in [-0.05, 0) is 12.8 Å².